The van der Waals surface area contributed by atoms with Gasteiger partial charge in [0, 0.05) is 0 Å². The second-order valence-electron chi connectivity index (χ2n) is 9.76. The van der Waals surface area contributed by atoms with Crippen LogP contribution in [0.1, 0.15) is 33.4 Å². The molecule has 0 heterocycles. The summed E-state index contributed by atoms with van der Waals surface area (Å²) in [5.41, 5.74) is 13.2. The van der Waals surface area contributed by atoms with Gasteiger partial charge in [0.15, 0.2) is 0 Å². The van der Waals surface area contributed by atoms with Gasteiger partial charge in [-0.05, 0) is 12.8 Å². The zero-order valence-corrected chi connectivity index (χ0v) is 25.6. The first-order valence-corrected chi connectivity index (χ1v) is 13.6. The Balaban J connectivity index is 0.000000131. The van der Waals surface area contributed by atoms with E-state index < -0.39 is 0 Å². The van der Waals surface area contributed by atoms with Gasteiger partial charge in [0.2, 0.25) is 0 Å². The fourth-order valence-corrected chi connectivity index (χ4v) is 4.95. The van der Waals surface area contributed by atoms with Crippen molar-refractivity contribution in [1.29, 1.82) is 0 Å². The third-order valence-electron chi connectivity index (χ3n) is 6.92. The molecule has 0 amide bonds. The molecule has 196 valence electrons. The Hall–Kier alpha value is -4.06. The summed E-state index contributed by atoms with van der Waals surface area (Å²) in [5, 5.41) is 0. The molecule has 0 bridgehead atoms. The molecular weight excluding hydrogens is 572 g/mol. The Kier molecular flexibility index (Phi) is 11.0. The number of rotatable bonds is 0. The molecule has 0 fully saturated rings. The van der Waals surface area contributed by atoms with Gasteiger partial charge >= 0.3 is 26.2 Å². The molecule has 0 saturated carbocycles. The SMILES string of the molecule is [CH2-]c1ccccc1.[CH2-]c1ccccc1.[Zr+4].[c-]1cccc2c1Cc1ccccc1-2.[c-]1cccc2c1Cc1ccccc1-2. The van der Waals surface area contributed by atoms with Crippen molar-refractivity contribution in [1.82, 2.24) is 0 Å². The van der Waals surface area contributed by atoms with Crippen LogP contribution < -0.4 is 0 Å². The Morgan fingerprint density at radius 2 is 0.732 bits per heavy atom. The van der Waals surface area contributed by atoms with E-state index in [-0.39, 0.29) is 26.2 Å². The summed E-state index contributed by atoms with van der Waals surface area (Å²) in [5.74, 6) is 0. The first-order valence-electron chi connectivity index (χ1n) is 13.6. The van der Waals surface area contributed by atoms with Crippen LogP contribution in [0.15, 0.2) is 146 Å². The predicted octanol–water partition coefficient (Wildman–Crippen LogP) is 9.85. The molecule has 0 spiro atoms. The molecule has 41 heavy (non-hydrogen) atoms. The van der Waals surface area contributed by atoms with Gasteiger partial charge in [-0.25, -0.2) is 0 Å². The van der Waals surface area contributed by atoms with Gasteiger partial charge in [0.1, 0.15) is 0 Å². The third-order valence-corrected chi connectivity index (χ3v) is 6.92. The van der Waals surface area contributed by atoms with Gasteiger partial charge in [-0.1, -0.05) is 82.9 Å². The number of hydrogen-bond donors (Lipinski definition) is 0. The van der Waals surface area contributed by atoms with E-state index in [1.54, 1.807) is 0 Å². The standard InChI is InChI=1S/2C13H9.2C7H7.Zr/c2*1-3-7-12-10(5-1)9-11-6-2-4-8-13(11)12;2*1-7-5-3-2-4-6-7;/h2*1-5,7-8H,9H2;2*2-6H,1H2;/q4*-1;+4. The fraction of sp³-hybridized carbons (Fsp3) is 0.0500. The maximum atomic E-state index is 3.72. The van der Waals surface area contributed by atoms with E-state index in [9.17, 15) is 0 Å². The zero-order chi connectivity index (χ0) is 27.6. The normalized spacial score (nSPS) is 10.7. The molecule has 0 unspecified atom stereocenters. The Bertz CT molecular complexity index is 1440. The molecule has 0 atom stereocenters. The van der Waals surface area contributed by atoms with Crippen LogP contribution in [0.25, 0.3) is 22.3 Å². The van der Waals surface area contributed by atoms with Crippen LogP contribution in [0.2, 0.25) is 0 Å². The van der Waals surface area contributed by atoms with Crippen molar-refractivity contribution in [3.63, 3.8) is 0 Å². The van der Waals surface area contributed by atoms with Crippen molar-refractivity contribution in [2.75, 3.05) is 0 Å². The molecule has 6 aromatic carbocycles. The molecular formula is C40H32Zr. The minimum Gasteiger partial charge on any atom is -0.199 e. The summed E-state index contributed by atoms with van der Waals surface area (Å²) < 4.78 is 0. The summed E-state index contributed by atoms with van der Waals surface area (Å²) in [6.07, 6.45) is 2.10. The molecule has 8 rings (SSSR count). The van der Waals surface area contributed by atoms with Crippen LogP contribution in [0.4, 0.5) is 0 Å². The van der Waals surface area contributed by atoms with Gasteiger partial charge in [0.25, 0.3) is 0 Å². The minimum absolute atomic E-state index is 0. The molecule has 0 saturated heterocycles. The van der Waals surface area contributed by atoms with E-state index in [1.165, 1.54) is 44.5 Å². The minimum atomic E-state index is 0. The summed E-state index contributed by atoms with van der Waals surface area (Å²) in [4.78, 5) is 0. The second-order valence-corrected chi connectivity index (χ2v) is 9.76. The van der Waals surface area contributed by atoms with Gasteiger partial charge in [-0.2, -0.15) is 109 Å². The van der Waals surface area contributed by atoms with Gasteiger partial charge in [0.05, 0.1) is 0 Å². The molecule has 0 radical (unpaired) electrons. The van der Waals surface area contributed by atoms with Crippen molar-refractivity contribution in [2.24, 2.45) is 0 Å². The maximum absolute atomic E-state index is 3.72. The van der Waals surface area contributed by atoms with Crippen molar-refractivity contribution in [2.45, 2.75) is 12.8 Å². The van der Waals surface area contributed by atoms with Crippen molar-refractivity contribution >= 4 is 0 Å². The number of hydrogen-bond acceptors (Lipinski definition) is 0. The Morgan fingerprint density at radius 3 is 1.10 bits per heavy atom. The van der Waals surface area contributed by atoms with Crippen LogP contribution in [-0.2, 0) is 39.0 Å². The average Bonchev–Trinajstić information content (AvgIpc) is 3.58. The van der Waals surface area contributed by atoms with E-state index in [2.05, 4.69) is 98.8 Å². The van der Waals surface area contributed by atoms with Crippen LogP contribution in [0.3, 0.4) is 0 Å². The van der Waals surface area contributed by atoms with Crippen molar-refractivity contribution in [3.8, 4) is 22.3 Å². The third kappa shape index (κ3) is 8.00. The molecule has 0 aromatic heterocycles. The molecule has 1 heteroatoms. The fourth-order valence-electron chi connectivity index (χ4n) is 4.95. The number of benzene rings is 6. The molecule has 0 N–H and O–H groups in total. The van der Waals surface area contributed by atoms with Gasteiger partial charge < -0.3 is 0 Å². The van der Waals surface area contributed by atoms with Crippen LogP contribution in [-0.4, -0.2) is 0 Å². The molecule has 0 nitrogen and oxygen atoms in total. The monoisotopic (exact) mass is 602 g/mol. The largest absolute Gasteiger partial charge is 4.00 e. The van der Waals surface area contributed by atoms with E-state index in [0.717, 1.165) is 24.0 Å². The summed E-state index contributed by atoms with van der Waals surface area (Å²) in [6, 6.07) is 56.0. The molecule has 0 aliphatic heterocycles. The molecule has 2 aliphatic rings. The van der Waals surface area contributed by atoms with E-state index in [0.29, 0.717) is 0 Å². The van der Waals surface area contributed by atoms with Gasteiger partial charge in [-0.3, -0.25) is 0 Å². The first-order chi connectivity index (χ1) is 19.7. The Morgan fingerprint density at radius 1 is 0.390 bits per heavy atom. The van der Waals surface area contributed by atoms with Crippen molar-refractivity contribution in [3.05, 3.63) is 205 Å². The molecule has 6 aromatic rings. The summed E-state index contributed by atoms with van der Waals surface area (Å²) in [7, 11) is 0. The molecule has 2 aliphatic carbocycles. The zero-order valence-electron chi connectivity index (χ0n) is 23.2. The van der Waals surface area contributed by atoms with Crippen LogP contribution >= 0.6 is 0 Å². The van der Waals surface area contributed by atoms with Gasteiger partial charge in [-0.15, -0.1) is 35.4 Å². The Labute approximate surface area is 264 Å². The van der Waals surface area contributed by atoms with E-state index in [4.69, 9.17) is 0 Å². The first kappa shape index (κ1) is 29.9. The van der Waals surface area contributed by atoms with Crippen LogP contribution in [0, 0.1) is 26.0 Å². The van der Waals surface area contributed by atoms with Crippen molar-refractivity contribution < 1.29 is 26.2 Å². The summed E-state index contributed by atoms with van der Waals surface area (Å²) in [6.45, 7) is 7.44. The second kappa shape index (κ2) is 15.1. The van der Waals surface area contributed by atoms with E-state index >= 15 is 0 Å². The predicted molar refractivity (Wildman–Crippen MR) is 169 cm³/mol. The topological polar surface area (TPSA) is 0 Å². The average molecular weight is 604 g/mol. The van der Waals surface area contributed by atoms with Crippen LogP contribution in [0.5, 0.6) is 0 Å². The number of fused-ring (bicyclic) bond motifs is 6. The maximum Gasteiger partial charge on any atom is 4.00 e. The van der Waals surface area contributed by atoms with E-state index in [1.807, 2.05) is 72.8 Å². The quantitative estimate of drug-likeness (QED) is 0.151. The smallest absolute Gasteiger partial charge is 0.199 e. The summed E-state index contributed by atoms with van der Waals surface area (Å²) >= 11 is 0.